The molecular weight excluding hydrogens is 564 g/mol. The monoisotopic (exact) mass is 663 g/mol. The third-order valence-corrected chi connectivity index (χ3v) is 6.71. The summed E-state index contributed by atoms with van der Waals surface area (Å²) in [6.07, 6.45) is 14.1. The fraction of sp³-hybridized carbons (Fsp3) is 1.00. The van der Waals surface area contributed by atoms with E-state index in [9.17, 15) is 0 Å². The summed E-state index contributed by atoms with van der Waals surface area (Å²) in [4.78, 5) is 4.46. The average Bonchev–Trinajstić information content (AvgIpc) is 2.92. The minimum atomic E-state index is 0.773. The van der Waals surface area contributed by atoms with Crippen LogP contribution in [0.15, 0.2) is 0 Å². The van der Waals surface area contributed by atoms with Crippen LogP contribution in [0, 0.1) is 35.5 Å². The largest absolute Gasteiger partial charge is 0.330 e. The molecule has 0 saturated carbocycles. The van der Waals surface area contributed by atoms with Crippen LogP contribution < -0.4 is 22.5 Å². The Morgan fingerprint density at radius 1 is 0.391 bits per heavy atom. The fourth-order valence-electron chi connectivity index (χ4n) is 3.58. The Morgan fingerprint density at radius 3 is 0.978 bits per heavy atom. The topological polar surface area (TPSA) is 96.6 Å². The van der Waals surface area contributed by atoms with Gasteiger partial charge in [-0.1, -0.05) is 95.9 Å². The predicted molar refractivity (Wildman–Crippen MR) is 218 cm³/mol. The van der Waals surface area contributed by atoms with Gasteiger partial charge in [-0.25, -0.2) is 0 Å². The van der Waals surface area contributed by atoms with E-state index in [1.54, 1.807) is 0 Å². The van der Waals surface area contributed by atoms with Crippen LogP contribution in [0.25, 0.3) is 0 Å². The molecule has 6 heteroatoms. The lowest BCUT2D eigenvalue weighted by Gasteiger charge is -2.10. The quantitative estimate of drug-likeness (QED) is 0.0970. The van der Waals surface area contributed by atoms with Gasteiger partial charge in [0.25, 0.3) is 0 Å². The van der Waals surface area contributed by atoms with E-state index in [0.717, 1.165) is 68.1 Å². The number of hydrogen-bond acceptors (Lipinski definition) is 6. The lowest BCUT2D eigenvalue weighted by molar-refractivity contribution is 0.369. The second-order valence-electron chi connectivity index (χ2n) is 15.9. The molecule has 0 unspecified atom stereocenters. The molecule has 288 valence electrons. The number of hydrogen-bond donors (Lipinski definition) is 4. The molecule has 0 aliphatic rings. The molecule has 0 rings (SSSR count). The van der Waals surface area contributed by atoms with Crippen molar-refractivity contribution in [2.45, 2.75) is 154 Å². The van der Waals surface area contributed by atoms with Crippen LogP contribution in [-0.4, -0.2) is 84.3 Å². The average molecular weight is 663 g/mol. The molecule has 0 aromatic heterocycles. The van der Waals surface area contributed by atoms with Gasteiger partial charge in [0.05, 0.1) is 0 Å². The van der Waals surface area contributed by atoms with Gasteiger partial charge >= 0.3 is 0 Å². The van der Waals surface area contributed by atoms with Gasteiger partial charge < -0.3 is 32.3 Å². The van der Waals surface area contributed by atoms with Gasteiger partial charge in [-0.3, -0.25) is 0 Å². The van der Waals surface area contributed by atoms with E-state index in [-0.39, 0.29) is 0 Å². The maximum Gasteiger partial charge on any atom is -0.00224 e. The Bertz CT molecular complexity index is 433. The van der Waals surface area contributed by atoms with Gasteiger partial charge in [-0.2, -0.15) is 0 Å². The Hall–Kier alpha value is -0.240. The Labute approximate surface area is 295 Å². The lowest BCUT2D eigenvalue weighted by atomic mass is 10.1. The van der Waals surface area contributed by atoms with E-state index in [0.29, 0.717) is 0 Å². The summed E-state index contributed by atoms with van der Waals surface area (Å²) in [5, 5.41) is 3.12. The van der Waals surface area contributed by atoms with Gasteiger partial charge in [0.2, 0.25) is 0 Å². The number of nitrogens with two attached hydrogens (primary N) is 3. The van der Waals surface area contributed by atoms with Crippen molar-refractivity contribution in [3.63, 3.8) is 0 Å². The van der Waals surface area contributed by atoms with Gasteiger partial charge in [-0.05, 0) is 168 Å². The third-order valence-electron chi connectivity index (χ3n) is 6.71. The van der Waals surface area contributed by atoms with Crippen LogP contribution in [0.2, 0.25) is 0 Å². The third kappa shape index (κ3) is 104. The zero-order valence-electron chi connectivity index (χ0n) is 35.6. The summed E-state index contributed by atoms with van der Waals surface area (Å²) in [7, 11) is 10.5. The first-order valence-electron chi connectivity index (χ1n) is 19.4. The molecular formula is C40H98N6. The van der Waals surface area contributed by atoms with Crippen LogP contribution in [0.3, 0.4) is 0 Å². The molecule has 0 bridgehead atoms. The lowest BCUT2D eigenvalue weighted by Crippen LogP contribution is -2.14. The number of unbranched alkanes of at least 4 members (excludes halogenated alkanes) is 1. The van der Waals surface area contributed by atoms with Gasteiger partial charge in [-0.15, -0.1) is 0 Å². The van der Waals surface area contributed by atoms with Crippen molar-refractivity contribution in [3.8, 4) is 0 Å². The summed E-state index contributed by atoms with van der Waals surface area (Å²) in [5.74, 6) is 5.02. The standard InChI is InChI=1S/C8H19N.3C7H17N.C6H15N.C5H13N/c1-8(2)6-5-7-9(3)4;1-7(2)5-6-8(3)4;1-7(2)5-4-6-8-3;1-7(2)5-3-4-6-8;1-6(2)4-3-5-7;1-5(2)3-4-6/h8H,5-7H2,1-4H3;7H,5-6H2,1-4H3;7-8H,4-6H2,1-3H3;7H,3-6,8H2,1-2H3;6H,3-5,7H2,1-2H3;5H,3-4,6H2,1-2H3. The molecule has 0 amide bonds. The zero-order valence-corrected chi connectivity index (χ0v) is 35.6. The molecule has 0 saturated heterocycles. The van der Waals surface area contributed by atoms with Crippen molar-refractivity contribution in [1.82, 2.24) is 15.1 Å². The van der Waals surface area contributed by atoms with Crippen molar-refractivity contribution in [1.29, 1.82) is 0 Å². The Kier molecular flexibility index (Phi) is 62.0. The summed E-state index contributed by atoms with van der Waals surface area (Å²) in [5.41, 5.74) is 15.8. The van der Waals surface area contributed by atoms with Crippen LogP contribution in [0.1, 0.15) is 154 Å². The van der Waals surface area contributed by atoms with Crippen LogP contribution >= 0.6 is 0 Å². The van der Waals surface area contributed by atoms with Gasteiger partial charge in [0.1, 0.15) is 0 Å². The highest BCUT2D eigenvalue weighted by molar-refractivity contribution is 4.50. The molecule has 46 heavy (non-hydrogen) atoms. The second kappa shape index (κ2) is 49.2. The Balaban J connectivity index is -0.000000105. The number of nitrogens with one attached hydrogen (secondary N) is 1. The predicted octanol–water partition coefficient (Wildman–Crippen LogP) is 9.36. The molecule has 0 atom stereocenters. The summed E-state index contributed by atoms with van der Waals surface area (Å²) in [6, 6.07) is 0. The van der Waals surface area contributed by atoms with Crippen molar-refractivity contribution in [2.24, 2.45) is 52.7 Å². The van der Waals surface area contributed by atoms with E-state index in [4.69, 9.17) is 17.2 Å². The van der Waals surface area contributed by atoms with E-state index in [1.807, 2.05) is 7.05 Å². The maximum absolute atomic E-state index is 5.31. The highest BCUT2D eigenvalue weighted by atomic mass is 15.0. The minimum Gasteiger partial charge on any atom is -0.330 e. The van der Waals surface area contributed by atoms with Crippen molar-refractivity contribution in [3.05, 3.63) is 0 Å². The molecule has 0 heterocycles. The first-order valence-corrected chi connectivity index (χ1v) is 19.4. The number of nitrogens with zero attached hydrogens (tertiary/aromatic N) is 2. The van der Waals surface area contributed by atoms with Crippen LogP contribution in [-0.2, 0) is 0 Å². The zero-order chi connectivity index (χ0) is 37.3. The highest BCUT2D eigenvalue weighted by Gasteiger charge is 1.95. The first-order chi connectivity index (χ1) is 21.3. The summed E-state index contributed by atoms with van der Waals surface area (Å²) >= 11 is 0. The summed E-state index contributed by atoms with van der Waals surface area (Å²) in [6.45, 7) is 33.0. The van der Waals surface area contributed by atoms with Crippen molar-refractivity contribution < 1.29 is 0 Å². The van der Waals surface area contributed by atoms with Crippen LogP contribution in [0.4, 0.5) is 0 Å². The first kappa shape index (κ1) is 58.0. The maximum atomic E-state index is 5.31. The van der Waals surface area contributed by atoms with Crippen molar-refractivity contribution >= 4 is 0 Å². The molecule has 0 fully saturated rings. The number of rotatable bonds is 20. The Morgan fingerprint density at radius 2 is 0.739 bits per heavy atom. The summed E-state index contributed by atoms with van der Waals surface area (Å²) < 4.78 is 0. The van der Waals surface area contributed by atoms with E-state index < -0.39 is 0 Å². The van der Waals surface area contributed by atoms with E-state index >= 15 is 0 Å². The molecule has 0 aliphatic heterocycles. The van der Waals surface area contributed by atoms with Crippen LogP contribution in [0.5, 0.6) is 0 Å². The molecule has 0 spiro atoms. The van der Waals surface area contributed by atoms with Gasteiger partial charge in [0.15, 0.2) is 0 Å². The van der Waals surface area contributed by atoms with E-state index in [1.165, 1.54) is 77.3 Å². The SMILES string of the molecule is CC(C)CCCCN.CC(C)CCCN.CC(C)CCCN(C)C.CC(C)CCN.CC(C)CCN(C)C.CNCCCC(C)C. The molecule has 6 nitrogen and oxygen atoms in total. The minimum absolute atomic E-state index is 0.773. The second-order valence-corrected chi connectivity index (χ2v) is 15.9. The molecule has 7 N–H and O–H groups in total. The molecule has 0 aromatic rings. The van der Waals surface area contributed by atoms with Crippen molar-refractivity contribution in [2.75, 3.05) is 74.5 Å². The molecule has 0 aromatic carbocycles. The highest BCUT2D eigenvalue weighted by Crippen LogP contribution is 2.05. The molecule has 0 radical (unpaired) electrons. The fourth-order valence-corrected chi connectivity index (χ4v) is 3.58. The normalized spacial score (nSPS) is 10.7. The molecule has 0 aliphatic carbocycles. The van der Waals surface area contributed by atoms with Gasteiger partial charge in [0, 0.05) is 0 Å². The van der Waals surface area contributed by atoms with E-state index in [2.05, 4.69) is 126 Å². The smallest absolute Gasteiger partial charge is 0.00224 e.